The molecule has 0 spiro atoms. The van der Waals surface area contributed by atoms with Crippen molar-refractivity contribution in [2.75, 3.05) is 26.8 Å². The molecule has 1 amide bonds. The standard InChI is InChI=1S/C23H25FN2O3/c1-26(11-8-16-9-12-28-13-10-16)23(27)18-6-7-20-21(14-18)29-22(25-20)15-17-4-2-3-5-19(17)24/h2-7,14,16H,8-13,15H2,1H3. The van der Waals surface area contributed by atoms with E-state index in [1.54, 1.807) is 41.3 Å². The van der Waals surface area contributed by atoms with Crippen LogP contribution in [0.5, 0.6) is 0 Å². The van der Waals surface area contributed by atoms with Crippen LogP contribution < -0.4 is 0 Å². The molecule has 0 atom stereocenters. The average molecular weight is 396 g/mol. The summed E-state index contributed by atoms with van der Waals surface area (Å²) >= 11 is 0. The van der Waals surface area contributed by atoms with Gasteiger partial charge in [0.25, 0.3) is 5.91 Å². The van der Waals surface area contributed by atoms with Crippen LogP contribution in [0, 0.1) is 11.7 Å². The van der Waals surface area contributed by atoms with Crippen LogP contribution in [0.25, 0.3) is 11.1 Å². The van der Waals surface area contributed by atoms with E-state index in [4.69, 9.17) is 9.15 Å². The van der Waals surface area contributed by atoms with Crippen molar-refractivity contribution in [1.82, 2.24) is 9.88 Å². The summed E-state index contributed by atoms with van der Waals surface area (Å²) in [5.41, 5.74) is 2.31. The van der Waals surface area contributed by atoms with Gasteiger partial charge in [0.1, 0.15) is 11.3 Å². The molecule has 0 bridgehead atoms. The Morgan fingerprint density at radius 1 is 1.21 bits per heavy atom. The third-order valence-electron chi connectivity index (χ3n) is 5.54. The van der Waals surface area contributed by atoms with Crippen molar-refractivity contribution in [1.29, 1.82) is 0 Å². The van der Waals surface area contributed by atoms with Crippen molar-refractivity contribution < 1.29 is 18.3 Å². The van der Waals surface area contributed by atoms with Crippen molar-refractivity contribution >= 4 is 17.0 Å². The molecule has 0 N–H and O–H groups in total. The normalized spacial score (nSPS) is 15.0. The maximum Gasteiger partial charge on any atom is 0.253 e. The lowest BCUT2D eigenvalue weighted by Crippen LogP contribution is -2.30. The molecule has 2 heterocycles. The van der Waals surface area contributed by atoms with Crippen LogP contribution in [0.2, 0.25) is 0 Å². The number of fused-ring (bicyclic) bond motifs is 1. The Morgan fingerprint density at radius 3 is 2.79 bits per heavy atom. The Morgan fingerprint density at radius 2 is 2.00 bits per heavy atom. The van der Waals surface area contributed by atoms with E-state index in [1.807, 2.05) is 7.05 Å². The van der Waals surface area contributed by atoms with Gasteiger partial charge in [0.05, 0.1) is 6.42 Å². The van der Waals surface area contributed by atoms with Crippen molar-refractivity contribution in [3.63, 3.8) is 0 Å². The number of benzene rings is 2. The largest absolute Gasteiger partial charge is 0.440 e. The Hall–Kier alpha value is -2.73. The van der Waals surface area contributed by atoms with Gasteiger partial charge >= 0.3 is 0 Å². The van der Waals surface area contributed by atoms with Gasteiger partial charge in [-0.25, -0.2) is 9.37 Å². The smallest absolute Gasteiger partial charge is 0.253 e. The number of ether oxygens (including phenoxy) is 1. The summed E-state index contributed by atoms with van der Waals surface area (Å²) in [5.74, 6) is 0.738. The Labute approximate surface area is 169 Å². The maximum absolute atomic E-state index is 13.9. The number of carbonyl (C=O) groups is 1. The molecule has 1 aromatic heterocycles. The quantitative estimate of drug-likeness (QED) is 0.618. The molecule has 0 saturated carbocycles. The highest BCUT2D eigenvalue weighted by Gasteiger charge is 2.18. The van der Waals surface area contributed by atoms with Crippen LogP contribution in [0.3, 0.4) is 0 Å². The van der Waals surface area contributed by atoms with Gasteiger partial charge in [0.2, 0.25) is 0 Å². The van der Waals surface area contributed by atoms with E-state index in [2.05, 4.69) is 4.98 Å². The number of nitrogens with zero attached hydrogens (tertiary/aromatic N) is 2. The Kier molecular flexibility index (Phi) is 5.90. The first-order chi connectivity index (χ1) is 14.1. The summed E-state index contributed by atoms with van der Waals surface area (Å²) in [5, 5.41) is 0. The van der Waals surface area contributed by atoms with Crippen LogP contribution in [0.1, 0.15) is 41.1 Å². The first kappa shape index (κ1) is 19.6. The summed E-state index contributed by atoms with van der Waals surface area (Å²) in [6, 6.07) is 11.8. The Balaban J connectivity index is 1.43. The maximum atomic E-state index is 13.9. The van der Waals surface area contributed by atoms with E-state index in [1.165, 1.54) is 6.07 Å². The van der Waals surface area contributed by atoms with E-state index in [0.717, 1.165) is 39.0 Å². The SMILES string of the molecule is CN(CCC1CCOCC1)C(=O)c1ccc2nc(Cc3ccccc3F)oc2c1. The molecule has 152 valence electrons. The van der Waals surface area contributed by atoms with Crippen LogP contribution in [0.4, 0.5) is 4.39 Å². The minimum absolute atomic E-state index is 0.0361. The van der Waals surface area contributed by atoms with Crippen molar-refractivity contribution in [2.24, 2.45) is 5.92 Å². The van der Waals surface area contributed by atoms with Crippen molar-refractivity contribution in [2.45, 2.75) is 25.7 Å². The van der Waals surface area contributed by atoms with Crippen LogP contribution in [-0.2, 0) is 11.2 Å². The lowest BCUT2D eigenvalue weighted by Gasteiger charge is -2.25. The fraction of sp³-hybridized carbons (Fsp3) is 0.391. The molecule has 5 nitrogen and oxygen atoms in total. The highest BCUT2D eigenvalue weighted by atomic mass is 19.1. The van der Waals surface area contributed by atoms with Gasteiger partial charge in [0, 0.05) is 32.4 Å². The summed E-state index contributed by atoms with van der Waals surface area (Å²) in [4.78, 5) is 19.0. The second kappa shape index (κ2) is 8.74. The number of amides is 1. The molecule has 6 heteroatoms. The lowest BCUT2D eigenvalue weighted by atomic mass is 9.96. The number of hydrogen-bond donors (Lipinski definition) is 0. The number of hydrogen-bond acceptors (Lipinski definition) is 4. The zero-order valence-electron chi connectivity index (χ0n) is 16.6. The summed E-state index contributed by atoms with van der Waals surface area (Å²) < 4.78 is 25.1. The van der Waals surface area contributed by atoms with E-state index in [9.17, 15) is 9.18 Å². The zero-order valence-corrected chi connectivity index (χ0v) is 16.6. The highest BCUT2D eigenvalue weighted by molar-refractivity contribution is 5.96. The van der Waals surface area contributed by atoms with Gasteiger partial charge in [-0.15, -0.1) is 0 Å². The number of oxazole rings is 1. The first-order valence-corrected chi connectivity index (χ1v) is 10.1. The minimum Gasteiger partial charge on any atom is -0.440 e. The molecule has 0 unspecified atom stereocenters. The average Bonchev–Trinajstić information content (AvgIpc) is 3.15. The third-order valence-corrected chi connectivity index (χ3v) is 5.54. The zero-order chi connectivity index (χ0) is 20.2. The fourth-order valence-corrected chi connectivity index (χ4v) is 3.72. The van der Waals surface area contributed by atoms with Gasteiger partial charge in [-0.05, 0) is 55.0 Å². The molecule has 3 aromatic rings. The Bertz CT molecular complexity index is 995. The summed E-state index contributed by atoms with van der Waals surface area (Å²) in [6.07, 6.45) is 3.40. The minimum atomic E-state index is -0.281. The molecule has 0 radical (unpaired) electrons. The monoisotopic (exact) mass is 396 g/mol. The lowest BCUT2D eigenvalue weighted by molar-refractivity contribution is 0.0583. The van der Waals surface area contributed by atoms with Crippen molar-refractivity contribution in [3.8, 4) is 0 Å². The second-order valence-corrected chi connectivity index (χ2v) is 7.63. The van der Waals surface area contributed by atoms with Gasteiger partial charge < -0.3 is 14.1 Å². The summed E-state index contributed by atoms with van der Waals surface area (Å²) in [7, 11) is 1.83. The first-order valence-electron chi connectivity index (χ1n) is 10.1. The van der Waals surface area contributed by atoms with Gasteiger partial charge in [-0.1, -0.05) is 18.2 Å². The van der Waals surface area contributed by atoms with E-state index >= 15 is 0 Å². The van der Waals surface area contributed by atoms with E-state index < -0.39 is 0 Å². The van der Waals surface area contributed by atoms with Crippen LogP contribution in [0.15, 0.2) is 46.9 Å². The predicted octanol–water partition coefficient (Wildman–Crippen LogP) is 4.45. The van der Waals surface area contributed by atoms with Gasteiger partial charge in [-0.2, -0.15) is 0 Å². The molecule has 0 aliphatic carbocycles. The number of carbonyl (C=O) groups excluding carboxylic acids is 1. The molecular formula is C23H25FN2O3. The third kappa shape index (κ3) is 4.65. The number of rotatable bonds is 6. The highest BCUT2D eigenvalue weighted by Crippen LogP contribution is 2.22. The van der Waals surface area contributed by atoms with Gasteiger partial charge in [0.15, 0.2) is 11.5 Å². The van der Waals surface area contributed by atoms with Crippen LogP contribution >= 0.6 is 0 Å². The van der Waals surface area contributed by atoms with Gasteiger partial charge in [-0.3, -0.25) is 4.79 Å². The predicted molar refractivity (Wildman–Crippen MR) is 108 cm³/mol. The topological polar surface area (TPSA) is 55.6 Å². The molecule has 1 saturated heterocycles. The molecule has 1 aliphatic heterocycles. The number of aromatic nitrogens is 1. The van der Waals surface area contributed by atoms with Crippen LogP contribution in [-0.4, -0.2) is 42.6 Å². The van der Waals surface area contributed by atoms with E-state index in [0.29, 0.717) is 34.0 Å². The second-order valence-electron chi connectivity index (χ2n) is 7.63. The molecule has 1 aliphatic rings. The molecular weight excluding hydrogens is 371 g/mol. The van der Waals surface area contributed by atoms with E-state index in [-0.39, 0.29) is 18.1 Å². The fourth-order valence-electron chi connectivity index (χ4n) is 3.72. The summed E-state index contributed by atoms with van der Waals surface area (Å²) in [6.45, 7) is 2.36. The molecule has 2 aromatic carbocycles. The van der Waals surface area contributed by atoms with Crippen molar-refractivity contribution in [3.05, 3.63) is 65.3 Å². The molecule has 29 heavy (non-hydrogen) atoms. The molecule has 4 rings (SSSR count). The molecule has 1 fully saturated rings. The number of halogens is 1.